The van der Waals surface area contributed by atoms with E-state index in [1.54, 1.807) is 6.07 Å². The van der Waals surface area contributed by atoms with Crippen LogP contribution in [0.25, 0.3) is 0 Å². The molecule has 1 aromatic rings. The molecule has 6 heteroatoms. The lowest BCUT2D eigenvalue weighted by molar-refractivity contribution is -0.145. The van der Waals surface area contributed by atoms with Gasteiger partial charge < -0.3 is 15.2 Å². The van der Waals surface area contributed by atoms with Crippen molar-refractivity contribution in [2.45, 2.75) is 5.92 Å². The van der Waals surface area contributed by atoms with Crippen LogP contribution in [0.15, 0.2) is 18.2 Å². The Morgan fingerprint density at radius 2 is 2.28 bits per heavy atom. The second kappa shape index (κ2) is 4.64. The fourth-order valence-electron chi connectivity index (χ4n) is 2.13. The topological polar surface area (TPSA) is 75.6 Å². The number of carboxylic acids is 1. The molecule has 0 bridgehead atoms. The molecular formula is C12H12FNO4. The maximum atomic E-state index is 13.6. The summed E-state index contributed by atoms with van der Waals surface area (Å²) in [6.45, 7) is 0.196. The normalized spacial score (nSPS) is 22.7. The van der Waals surface area contributed by atoms with Crippen molar-refractivity contribution in [1.82, 2.24) is 5.32 Å². The van der Waals surface area contributed by atoms with Crippen LogP contribution in [-0.2, 0) is 9.59 Å². The van der Waals surface area contributed by atoms with Crippen LogP contribution in [0.5, 0.6) is 5.75 Å². The molecule has 0 saturated carbocycles. The molecule has 2 rings (SSSR count). The van der Waals surface area contributed by atoms with Crippen molar-refractivity contribution < 1.29 is 23.8 Å². The standard InChI is InChI=1S/C12H12FNO4/c1-18-9-3-2-6(4-8(9)13)7-5-14-11(15)10(7)12(16)17/h2-4,7,10H,5H2,1H3,(H,14,15)(H,16,17)/t7-,10-/m1/s1. The highest BCUT2D eigenvalue weighted by atomic mass is 19.1. The fourth-order valence-corrected chi connectivity index (χ4v) is 2.13. The highest BCUT2D eigenvalue weighted by molar-refractivity contribution is 5.99. The van der Waals surface area contributed by atoms with Gasteiger partial charge in [-0.15, -0.1) is 0 Å². The summed E-state index contributed by atoms with van der Waals surface area (Å²) in [5.74, 6) is -3.95. The van der Waals surface area contributed by atoms with Gasteiger partial charge in [0.05, 0.1) is 7.11 Å². The summed E-state index contributed by atoms with van der Waals surface area (Å²) in [7, 11) is 1.35. The van der Waals surface area contributed by atoms with Crippen LogP contribution >= 0.6 is 0 Å². The Balaban J connectivity index is 2.34. The molecule has 1 aromatic carbocycles. The first kappa shape index (κ1) is 12.3. The summed E-state index contributed by atoms with van der Waals surface area (Å²) in [6.07, 6.45) is 0. The van der Waals surface area contributed by atoms with Crippen molar-refractivity contribution in [1.29, 1.82) is 0 Å². The van der Waals surface area contributed by atoms with Crippen molar-refractivity contribution >= 4 is 11.9 Å². The van der Waals surface area contributed by atoms with Crippen molar-refractivity contribution in [3.63, 3.8) is 0 Å². The Hall–Kier alpha value is -2.11. The van der Waals surface area contributed by atoms with Gasteiger partial charge in [0.25, 0.3) is 0 Å². The third kappa shape index (κ3) is 2.01. The highest BCUT2D eigenvalue weighted by Gasteiger charge is 2.41. The highest BCUT2D eigenvalue weighted by Crippen LogP contribution is 2.31. The van der Waals surface area contributed by atoms with E-state index in [1.165, 1.54) is 19.2 Å². The zero-order valence-electron chi connectivity index (χ0n) is 9.64. The molecule has 1 heterocycles. The van der Waals surface area contributed by atoms with E-state index in [0.717, 1.165) is 0 Å². The van der Waals surface area contributed by atoms with E-state index in [-0.39, 0.29) is 12.3 Å². The predicted octanol–water partition coefficient (Wildman–Crippen LogP) is 0.748. The monoisotopic (exact) mass is 253 g/mol. The lowest BCUT2D eigenvalue weighted by Crippen LogP contribution is -2.26. The van der Waals surface area contributed by atoms with Crippen molar-refractivity contribution in [3.05, 3.63) is 29.6 Å². The van der Waals surface area contributed by atoms with Crippen molar-refractivity contribution in [2.75, 3.05) is 13.7 Å². The van der Waals surface area contributed by atoms with Gasteiger partial charge in [0.2, 0.25) is 5.91 Å². The van der Waals surface area contributed by atoms with E-state index in [2.05, 4.69) is 5.32 Å². The minimum Gasteiger partial charge on any atom is -0.494 e. The molecule has 1 aliphatic heterocycles. The molecule has 1 fully saturated rings. The maximum absolute atomic E-state index is 13.6. The smallest absolute Gasteiger partial charge is 0.316 e. The molecule has 0 aliphatic carbocycles. The number of hydrogen-bond acceptors (Lipinski definition) is 3. The minimum absolute atomic E-state index is 0.0860. The van der Waals surface area contributed by atoms with E-state index in [9.17, 15) is 14.0 Å². The fraction of sp³-hybridized carbons (Fsp3) is 0.333. The van der Waals surface area contributed by atoms with E-state index in [0.29, 0.717) is 5.56 Å². The molecule has 1 saturated heterocycles. The number of carbonyl (C=O) groups is 2. The van der Waals surface area contributed by atoms with Gasteiger partial charge in [-0.1, -0.05) is 6.07 Å². The summed E-state index contributed by atoms with van der Waals surface area (Å²) in [5.41, 5.74) is 0.471. The van der Waals surface area contributed by atoms with Gasteiger partial charge >= 0.3 is 5.97 Å². The molecule has 5 nitrogen and oxygen atoms in total. The molecule has 0 radical (unpaired) electrons. The van der Waals surface area contributed by atoms with Gasteiger partial charge in [-0.25, -0.2) is 4.39 Å². The first-order valence-corrected chi connectivity index (χ1v) is 5.38. The zero-order valence-corrected chi connectivity index (χ0v) is 9.64. The Kier molecular flexibility index (Phi) is 3.18. The number of hydrogen-bond donors (Lipinski definition) is 2. The second-order valence-corrected chi connectivity index (χ2v) is 4.06. The minimum atomic E-state index is -1.20. The van der Waals surface area contributed by atoms with Gasteiger partial charge in [-0.05, 0) is 17.7 Å². The number of carbonyl (C=O) groups excluding carboxylic acids is 1. The summed E-state index contributed by atoms with van der Waals surface area (Å²) in [6, 6.07) is 4.20. The molecule has 1 aliphatic rings. The molecule has 0 spiro atoms. The summed E-state index contributed by atoms with van der Waals surface area (Å²) >= 11 is 0. The maximum Gasteiger partial charge on any atom is 0.316 e. The molecule has 18 heavy (non-hydrogen) atoms. The van der Waals surface area contributed by atoms with E-state index >= 15 is 0 Å². The number of aliphatic carboxylic acids is 1. The van der Waals surface area contributed by atoms with Gasteiger partial charge in [0.15, 0.2) is 11.6 Å². The molecule has 0 aromatic heterocycles. The molecule has 2 atom stereocenters. The van der Waals surface area contributed by atoms with Crippen LogP contribution in [0.3, 0.4) is 0 Å². The number of benzene rings is 1. The van der Waals surface area contributed by atoms with E-state index in [1.807, 2.05) is 0 Å². The average molecular weight is 253 g/mol. The molecule has 2 N–H and O–H groups in total. The summed E-state index contributed by atoms with van der Waals surface area (Å²) in [5, 5.41) is 11.5. The quantitative estimate of drug-likeness (QED) is 0.779. The largest absolute Gasteiger partial charge is 0.494 e. The first-order valence-electron chi connectivity index (χ1n) is 5.38. The number of halogens is 1. The van der Waals surface area contributed by atoms with Crippen molar-refractivity contribution in [3.8, 4) is 5.75 Å². The van der Waals surface area contributed by atoms with Crippen molar-refractivity contribution in [2.24, 2.45) is 5.92 Å². The average Bonchev–Trinajstić information content (AvgIpc) is 2.71. The lowest BCUT2D eigenvalue weighted by Gasteiger charge is -2.14. The number of carboxylic acid groups (broad SMARTS) is 1. The van der Waals surface area contributed by atoms with Gasteiger partial charge in [0, 0.05) is 12.5 Å². The number of rotatable bonds is 3. The van der Waals surface area contributed by atoms with Crippen LogP contribution in [0.1, 0.15) is 11.5 Å². The third-order valence-corrected chi connectivity index (χ3v) is 3.05. The van der Waals surface area contributed by atoms with Crippen LogP contribution in [0.2, 0.25) is 0 Å². The third-order valence-electron chi connectivity index (χ3n) is 3.05. The van der Waals surface area contributed by atoms with Crippen LogP contribution in [-0.4, -0.2) is 30.6 Å². The first-order chi connectivity index (χ1) is 8.54. The van der Waals surface area contributed by atoms with Gasteiger partial charge in [-0.2, -0.15) is 0 Å². The Bertz CT molecular complexity index is 503. The van der Waals surface area contributed by atoms with Gasteiger partial charge in [-0.3, -0.25) is 9.59 Å². The number of nitrogens with one attached hydrogen (secondary N) is 1. The molecule has 1 amide bonds. The van der Waals surface area contributed by atoms with E-state index < -0.39 is 29.5 Å². The molecule has 96 valence electrons. The molecular weight excluding hydrogens is 241 g/mol. The number of amides is 1. The predicted molar refractivity (Wildman–Crippen MR) is 59.8 cm³/mol. The molecule has 0 unspecified atom stereocenters. The summed E-state index contributed by atoms with van der Waals surface area (Å²) in [4.78, 5) is 22.4. The lowest BCUT2D eigenvalue weighted by atomic mass is 9.88. The Labute approximate surface area is 103 Å². The van der Waals surface area contributed by atoms with Crippen LogP contribution in [0.4, 0.5) is 4.39 Å². The van der Waals surface area contributed by atoms with Gasteiger partial charge in [0.1, 0.15) is 5.92 Å². The number of methoxy groups -OCH3 is 1. The second-order valence-electron chi connectivity index (χ2n) is 4.06. The zero-order chi connectivity index (χ0) is 13.3. The van der Waals surface area contributed by atoms with Crippen LogP contribution < -0.4 is 10.1 Å². The Morgan fingerprint density at radius 1 is 1.56 bits per heavy atom. The Morgan fingerprint density at radius 3 is 2.83 bits per heavy atom. The summed E-state index contributed by atoms with van der Waals surface area (Å²) < 4.78 is 18.3. The number of ether oxygens (including phenoxy) is 1. The van der Waals surface area contributed by atoms with E-state index in [4.69, 9.17) is 9.84 Å². The SMILES string of the molecule is COc1ccc([C@H]2CNC(=O)[C@@H]2C(=O)O)cc1F. The van der Waals surface area contributed by atoms with Crippen LogP contribution in [0, 0.1) is 11.7 Å².